The van der Waals surface area contributed by atoms with Crippen LogP contribution in [0.3, 0.4) is 0 Å². The van der Waals surface area contributed by atoms with Gasteiger partial charge in [0.05, 0.1) is 48.3 Å². The molecule has 8 heteroatoms. The van der Waals surface area contributed by atoms with E-state index in [0.717, 1.165) is 71.7 Å². The molecular weight excluding hydrogens is 390 g/mol. The molecule has 0 amide bonds. The summed E-state index contributed by atoms with van der Waals surface area (Å²) in [6.07, 6.45) is 7.82. The minimum absolute atomic E-state index is 0.0981. The monoisotopic (exact) mass is 417 g/mol. The predicted molar refractivity (Wildman–Crippen MR) is 120 cm³/mol. The van der Waals surface area contributed by atoms with Crippen molar-refractivity contribution < 1.29 is 4.74 Å². The average molecular weight is 418 g/mol. The molecule has 0 radical (unpaired) electrons. The minimum Gasteiger partial charge on any atom is -0.376 e. The molecule has 8 nitrogen and oxygen atoms in total. The first kappa shape index (κ1) is 18.8. The summed E-state index contributed by atoms with van der Waals surface area (Å²) in [6, 6.07) is 6.44. The molecule has 31 heavy (non-hydrogen) atoms. The zero-order valence-corrected chi connectivity index (χ0v) is 17.9. The van der Waals surface area contributed by atoms with Crippen LogP contribution in [0.4, 0.5) is 5.82 Å². The molecule has 2 fully saturated rings. The second-order valence-corrected chi connectivity index (χ2v) is 9.08. The molecule has 1 spiro atoms. The molecule has 2 aliphatic rings. The van der Waals surface area contributed by atoms with Gasteiger partial charge in [0.15, 0.2) is 5.82 Å². The Morgan fingerprint density at radius 3 is 2.84 bits per heavy atom. The highest BCUT2D eigenvalue weighted by Crippen LogP contribution is 2.42. The topological polar surface area (TPSA) is 97.4 Å². The maximum absolute atomic E-state index is 6.51. The second-order valence-electron chi connectivity index (χ2n) is 9.08. The fraction of sp³-hybridized carbons (Fsp3) is 0.435. The van der Waals surface area contributed by atoms with E-state index >= 15 is 0 Å². The van der Waals surface area contributed by atoms with Crippen LogP contribution in [0, 0.1) is 12.3 Å². The molecule has 3 N–H and O–H groups in total. The number of anilines is 1. The molecule has 6 rings (SSSR count). The largest absolute Gasteiger partial charge is 0.376 e. The van der Waals surface area contributed by atoms with Crippen LogP contribution in [0.5, 0.6) is 0 Å². The van der Waals surface area contributed by atoms with Gasteiger partial charge < -0.3 is 15.4 Å². The highest BCUT2D eigenvalue weighted by molar-refractivity contribution is 5.85. The van der Waals surface area contributed by atoms with Gasteiger partial charge in [-0.25, -0.2) is 9.97 Å². The van der Waals surface area contributed by atoms with Gasteiger partial charge in [-0.2, -0.15) is 5.10 Å². The Labute approximate surface area is 180 Å². The Morgan fingerprint density at radius 1 is 1.23 bits per heavy atom. The Balaban J connectivity index is 1.37. The Bertz CT molecular complexity index is 1270. The van der Waals surface area contributed by atoms with Gasteiger partial charge in [-0.15, -0.1) is 0 Å². The number of aromatic amines is 1. The maximum atomic E-state index is 6.51. The van der Waals surface area contributed by atoms with Gasteiger partial charge in [-0.3, -0.25) is 9.50 Å². The lowest BCUT2D eigenvalue weighted by molar-refractivity contribution is 0.0974. The third-order valence-electron chi connectivity index (χ3n) is 7.35. The Hall–Kier alpha value is -2.97. The van der Waals surface area contributed by atoms with Gasteiger partial charge in [0.25, 0.3) is 0 Å². The van der Waals surface area contributed by atoms with Gasteiger partial charge in [0, 0.05) is 35.5 Å². The highest BCUT2D eigenvalue weighted by atomic mass is 16.5. The third-order valence-corrected chi connectivity index (χ3v) is 7.35. The lowest BCUT2D eigenvalue weighted by Crippen LogP contribution is -2.50. The van der Waals surface area contributed by atoms with Crippen molar-refractivity contribution in [2.45, 2.75) is 38.8 Å². The van der Waals surface area contributed by atoms with Crippen LogP contribution in [0.1, 0.15) is 25.5 Å². The summed E-state index contributed by atoms with van der Waals surface area (Å²) >= 11 is 0. The molecule has 2 unspecified atom stereocenters. The van der Waals surface area contributed by atoms with E-state index in [1.54, 1.807) is 0 Å². The lowest BCUT2D eigenvalue weighted by atomic mass is 9.73. The van der Waals surface area contributed by atoms with Crippen molar-refractivity contribution in [2.24, 2.45) is 11.1 Å². The first-order valence-electron chi connectivity index (χ1n) is 10.9. The van der Waals surface area contributed by atoms with Crippen molar-refractivity contribution in [3.63, 3.8) is 0 Å². The number of nitrogens with one attached hydrogen (secondary N) is 1. The SMILES string of the molecule is Cc1nc(N2CCC3(CC2)COC(C)C3N)c2cncn2c1-c1ccc2cn[nH]c2c1. The number of rotatable bonds is 2. The summed E-state index contributed by atoms with van der Waals surface area (Å²) < 4.78 is 8.04. The first-order valence-corrected chi connectivity index (χ1v) is 10.9. The van der Waals surface area contributed by atoms with Crippen molar-refractivity contribution in [3.05, 3.63) is 42.6 Å². The summed E-state index contributed by atoms with van der Waals surface area (Å²) in [5.41, 5.74) is 11.8. The normalized spacial score (nSPS) is 23.4. The molecule has 3 aromatic heterocycles. The van der Waals surface area contributed by atoms with Gasteiger partial charge in [0.2, 0.25) is 0 Å². The summed E-state index contributed by atoms with van der Waals surface area (Å²) in [5, 5.41) is 8.30. The van der Waals surface area contributed by atoms with Crippen LogP contribution in [-0.4, -0.2) is 56.4 Å². The lowest BCUT2D eigenvalue weighted by Gasteiger charge is -2.41. The smallest absolute Gasteiger partial charge is 0.154 e. The van der Waals surface area contributed by atoms with E-state index < -0.39 is 0 Å². The fourth-order valence-electron chi connectivity index (χ4n) is 5.38. The van der Waals surface area contributed by atoms with Crippen LogP contribution < -0.4 is 10.6 Å². The van der Waals surface area contributed by atoms with E-state index in [0.29, 0.717) is 0 Å². The number of H-pyrrole nitrogens is 1. The standard InChI is InChI=1S/C23H27N7O/c1-14-20(16-3-4-17-10-26-28-18(17)9-16)30-13-25-11-19(30)22(27-14)29-7-5-23(6-8-29)12-31-15(2)21(23)24/h3-4,9-11,13,15,21H,5-8,12,24H2,1-2H3,(H,26,28). The van der Waals surface area contributed by atoms with E-state index in [1.807, 2.05) is 18.7 Å². The molecule has 1 aromatic carbocycles. The predicted octanol–water partition coefficient (Wildman–Crippen LogP) is 2.91. The molecule has 2 aliphatic heterocycles. The fourth-order valence-corrected chi connectivity index (χ4v) is 5.38. The van der Waals surface area contributed by atoms with Gasteiger partial charge in [-0.1, -0.05) is 12.1 Å². The molecule has 5 heterocycles. The zero-order chi connectivity index (χ0) is 21.2. The number of piperidine rings is 1. The summed E-state index contributed by atoms with van der Waals surface area (Å²) in [6.45, 7) is 6.79. The number of imidazole rings is 1. The number of benzene rings is 1. The van der Waals surface area contributed by atoms with Crippen molar-refractivity contribution in [1.29, 1.82) is 0 Å². The van der Waals surface area contributed by atoms with E-state index in [4.69, 9.17) is 15.5 Å². The minimum atomic E-state index is 0.0981. The van der Waals surface area contributed by atoms with Crippen LogP contribution in [0.15, 0.2) is 36.9 Å². The third kappa shape index (κ3) is 2.78. The molecule has 160 valence electrons. The van der Waals surface area contributed by atoms with Crippen molar-refractivity contribution in [2.75, 3.05) is 24.6 Å². The van der Waals surface area contributed by atoms with Crippen LogP contribution >= 0.6 is 0 Å². The number of fused-ring (bicyclic) bond motifs is 2. The van der Waals surface area contributed by atoms with Crippen LogP contribution in [0.2, 0.25) is 0 Å². The average Bonchev–Trinajstić information content (AvgIpc) is 3.50. The molecule has 0 bridgehead atoms. The molecule has 2 saturated heterocycles. The number of hydrogen-bond acceptors (Lipinski definition) is 6. The summed E-state index contributed by atoms with van der Waals surface area (Å²) in [7, 11) is 0. The number of hydrogen-bond donors (Lipinski definition) is 2. The van der Waals surface area contributed by atoms with E-state index in [1.165, 1.54) is 0 Å². The van der Waals surface area contributed by atoms with E-state index in [-0.39, 0.29) is 17.6 Å². The number of aromatic nitrogens is 5. The molecule has 0 aliphatic carbocycles. The molecule has 0 saturated carbocycles. The quantitative estimate of drug-likeness (QED) is 0.521. The first-order chi connectivity index (χ1) is 15.1. The van der Waals surface area contributed by atoms with E-state index in [2.05, 4.69) is 56.5 Å². The van der Waals surface area contributed by atoms with Crippen molar-refractivity contribution in [1.82, 2.24) is 24.6 Å². The number of nitrogens with two attached hydrogens (primary N) is 1. The summed E-state index contributed by atoms with van der Waals surface area (Å²) in [5.74, 6) is 0.997. The van der Waals surface area contributed by atoms with Crippen molar-refractivity contribution >= 4 is 22.2 Å². The Morgan fingerprint density at radius 2 is 2.06 bits per heavy atom. The molecular formula is C23H27N7O. The highest BCUT2D eigenvalue weighted by Gasteiger charge is 2.47. The maximum Gasteiger partial charge on any atom is 0.154 e. The number of nitrogens with zero attached hydrogens (tertiary/aromatic N) is 5. The summed E-state index contributed by atoms with van der Waals surface area (Å²) in [4.78, 5) is 11.9. The van der Waals surface area contributed by atoms with Gasteiger partial charge in [0.1, 0.15) is 5.52 Å². The Kier molecular flexibility index (Phi) is 4.10. The molecule has 2 atom stereocenters. The zero-order valence-electron chi connectivity index (χ0n) is 17.9. The van der Waals surface area contributed by atoms with Gasteiger partial charge >= 0.3 is 0 Å². The second kappa shape index (κ2) is 6.77. The number of ether oxygens (including phenoxy) is 1. The van der Waals surface area contributed by atoms with E-state index in [9.17, 15) is 0 Å². The van der Waals surface area contributed by atoms with Crippen molar-refractivity contribution in [3.8, 4) is 11.3 Å². The molecule has 4 aromatic rings. The number of aryl methyl sites for hydroxylation is 1. The van der Waals surface area contributed by atoms with Crippen LogP contribution in [-0.2, 0) is 4.74 Å². The van der Waals surface area contributed by atoms with Gasteiger partial charge in [-0.05, 0) is 32.8 Å². The van der Waals surface area contributed by atoms with Crippen LogP contribution in [0.25, 0.3) is 27.7 Å².